The van der Waals surface area contributed by atoms with Crippen LogP contribution in [0.15, 0.2) is 0 Å². The van der Waals surface area contributed by atoms with E-state index in [-0.39, 0.29) is 0 Å². The molecule has 0 radical (unpaired) electrons. The van der Waals surface area contributed by atoms with Crippen molar-refractivity contribution in [1.82, 2.24) is 5.32 Å². The first-order chi connectivity index (χ1) is 7.29. The van der Waals surface area contributed by atoms with Crippen LogP contribution in [0.3, 0.4) is 0 Å². The quantitative estimate of drug-likeness (QED) is 0.731. The fraction of sp³-hybridized carbons (Fsp3) is 1.00. The summed E-state index contributed by atoms with van der Waals surface area (Å²) >= 11 is 0. The van der Waals surface area contributed by atoms with Crippen molar-refractivity contribution in [3.05, 3.63) is 0 Å². The average molecular weight is 211 g/mol. The van der Waals surface area contributed by atoms with Crippen molar-refractivity contribution in [3.8, 4) is 0 Å². The SMILES string of the molecule is C[C@H](CCO)NC1CCCC(C2CC2)C1. The van der Waals surface area contributed by atoms with Crippen molar-refractivity contribution in [1.29, 1.82) is 0 Å². The molecule has 2 fully saturated rings. The minimum absolute atomic E-state index is 0.312. The maximum atomic E-state index is 8.88. The Balaban J connectivity index is 1.71. The van der Waals surface area contributed by atoms with E-state index in [9.17, 15) is 0 Å². The Labute approximate surface area is 93.5 Å². The van der Waals surface area contributed by atoms with E-state index in [1.54, 1.807) is 0 Å². The molecule has 2 nitrogen and oxygen atoms in total. The Hall–Kier alpha value is -0.0800. The molecule has 0 aromatic carbocycles. The lowest BCUT2D eigenvalue weighted by Crippen LogP contribution is -2.40. The highest BCUT2D eigenvalue weighted by atomic mass is 16.3. The molecular weight excluding hydrogens is 186 g/mol. The Morgan fingerprint density at radius 2 is 2.00 bits per heavy atom. The van der Waals surface area contributed by atoms with Crippen molar-refractivity contribution in [2.24, 2.45) is 11.8 Å². The summed E-state index contributed by atoms with van der Waals surface area (Å²) in [6.07, 6.45) is 9.49. The van der Waals surface area contributed by atoms with Crippen LogP contribution in [-0.2, 0) is 0 Å². The number of nitrogens with one attached hydrogen (secondary N) is 1. The van der Waals surface area contributed by atoms with Crippen LogP contribution >= 0.6 is 0 Å². The topological polar surface area (TPSA) is 32.3 Å². The van der Waals surface area contributed by atoms with E-state index in [1.807, 2.05) is 0 Å². The van der Waals surface area contributed by atoms with Crippen LogP contribution in [0.2, 0.25) is 0 Å². The minimum atomic E-state index is 0.312. The van der Waals surface area contributed by atoms with Gasteiger partial charge in [0.1, 0.15) is 0 Å². The van der Waals surface area contributed by atoms with Crippen LogP contribution in [0.25, 0.3) is 0 Å². The summed E-state index contributed by atoms with van der Waals surface area (Å²) in [6.45, 7) is 2.50. The third-order valence-electron chi connectivity index (χ3n) is 4.09. The molecule has 2 aliphatic carbocycles. The Kier molecular flexibility index (Phi) is 4.04. The van der Waals surface area contributed by atoms with Gasteiger partial charge in [-0.05, 0) is 50.9 Å². The lowest BCUT2D eigenvalue weighted by atomic mass is 9.82. The van der Waals surface area contributed by atoms with Crippen molar-refractivity contribution in [2.75, 3.05) is 6.61 Å². The predicted octanol–water partition coefficient (Wildman–Crippen LogP) is 2.32. The van der Waals surface area contributed by atoms with Gasteiger partial charge >= 0.3 is 0 Å². The summed E-state index contributed by atoms with van der Waals surface area (Å²) in [6, 6.07) is 1.21. The second-order valence-electron chi connectivity index (χ2n) is 5.54. The molecule has 0 aliphatic heterocycles. The van der Waals surface area contributed by atoms with E-state index >= 15 is 0 Å². The number of hydrogen-bond acceptors (Lipinski definition) is 2. The molecule has 0 spiro atoms. The number of hydrogen-bond donors (Lipinski definition) is 2. The highest BCUT2D eigenvalue weighted by Crippen LogP contribution is 2.43. The number of rotatable bonds is 5. The predicted molar refractivity (Wildman–Crippen MR) is 62.8 cm³/mol. The average Bonchev–Trinajstić information content (AvgIpc) is 3.01. The van der Waals surface area contributed by atoms with Crippen LogP contribution in [0.4, 0.5) is 0 Å². The van der Waals surface area contributed by atoms with Crippen molar-refractivity contribution in [3.63, 3.8) is 0 Å². The Bertz CT molecular complexity index is 191. The van der Waals surface area contributed by atoms with E-state index in [2.05, 4.69) is 12.2 Å². The summed E-state index contributed by atoms with van der Waals surface area (Å²) in [7, 11) is 0. The van der Waals surface area contributed by atoms with Gasteiger partial charge < -0.3 is 10.4 Å². The molecule has 0 heterocycles. The zero-order chi connectivity index (χ0) is 10.7. The second kappa shape index (κ2) is 5.31. The molecule has 0 aromatic rings. The molecule has 0 aromatic heterocycles. The molecule has 0 amide bonds. The fourth-order valence-electron chi connectivity index (χ4n) is 3.05. The molecule has 88 valence electrons. The molecule has 2 aliphatic rings. The molecule has 15 heavy (non-hydrogen) atoms. The molecule has 2 unspecified atom stereocenters. The molecular formula is C13H25NO. The highest BCUT2D eigenvalue weighted by molar-refractivity contribution is 4.88. The van der Waals surface area contributed by atoms with Crippen LogP contribution < -0.4 is 5.32 Å². The zero-order valence-corrected chi connectivity index (χ0v) is 9.91. The normalized spacial score (nSPS) is 34.0. The van der Waals surface area contributed by atoms with Gasteiger partial charge in [0, 0.05) is 18.7 Å². The van der Waals surface area contributed by atoms with Gasteiger partial charge in [0.05, 0.1) is 0 Å². The molecule has 0 saturated heterocycles. The largest absolute Gasteiger partial charge is 0.396 e. The van der Waals surface area contributed by atoms with Gasteiger partial charge in [0.2, 0.25) is 0 Å². The zero-order valence-electron chi connectivity index (χ0n) is 9.91. The van der Waals surface area contributed by atoms with Gasteiger partial charge in [-0.2, -0.15) is 0 Å². The van der Waals surface area contributed by atoms with Crippen molar-refractivity contribution in [2.45, 2.75) is 64.0 Å². The first-order valence-electron chi connectivity index (χ1n) is 6.66. The van der Waals surface area contributed by atoms with E-state index in [0.29, 0.717) is 12.6 Å². The molecule has 2 saturated carbocycles. The first kappa shape index (κ1) is 11.4. The maximum absolute atomic E-state index is 8.88. The monoisotopic (exact) mass is 211 g/mol. The number of aliphatic hydroxyl groups is 1. The molecule has 2 rings (SSSR count). The Morgan fingerprint density at radius 1 is 1.20 bits per heavy atom. The smallest absolute Gasteiger partial charge is 0.0445 e. The van der Waals surface area contributed by atoms with E-state index in [1.165, 1.54) is 38.5 Å². The van der Waals surface area contributed by atoms with E-state index in [0.717, 1.165) is 24.3 Å². The molecule has 3 atom stereocenters. The standard InChI is InChI=1S/C13H25NO/c1-10(7-8-15)14-13-4-2-3-12(9-13)11-5-6-11/h10-15H,2-9H2,1H3/t10-,12?,13?/m1/s1. The van der Waals surface area contributed by atoms with Crippen molar-refractivity contribution < 1.29 is 5.11 Å². The summed E-state index contributed by atoms with van der Waals surface area (Å²) in [4.78, 5) is 0. The third kappa shape index (κ3) is 3.46. The van der Waals surface area contributed by atoms with Crippen LogP contribution in [-0.4, -0.2) is 23.8 Å². The van der Waals surface area contributed by atoms with Gasteiger partial charge in [-0.3, -0.25) is 0 Å². The van der Waals surface area contributed by atoms with E-state index in [4.69, 9.17) is 5.11 Å². The van der Waals surface area contributed by atoms with E-state index < -0.39 is 0 Å². The van der Waals surface area contributed by atoms with Gasteiger partial charge in [0.15, 0.2) is 0 Å². The van der Waals surface area contributed by atoms with Gasteiger partial charge in [-0.15, -0.1) is 0 Å². The third-order valence-corrected chi connectivity index (χ3v) is 4.09. The first-order valence-corrected chi connectivity index (χ1v) is 6.66. The lowest BCUT2D eigenvalue weighted by Gasteiger charge is -2.32. The molecule has 0 bridgehead atoms. The Morgan fingerprint density at radius 3 is 2.67 bits per heavy atom. The van der Waals surface area contributed by atoms with Gasteiger partial charge in [-0.25, -0.2) is 0 Å². The summed E-state index contributed by atoms with van der Waals surface area (Å²) < 4.78 is 0. The van der Waals surface area contributed by atoms with Crippen molar-refractivity contribution >= 4 is 0 Å². The summed E-state index contributed by atoms with van der Waals surface area (Å²) in [5, 5.41) is 12.5. The molecule has 2 heteroatoms. The summed E-state index contributed by atoms with van der Waals surface area (Å²) in [5.74, 6) is 2.08. The van der Waals surface area contributed by atoms with Gasteiger partial charge in [-0.1, -0.05) is 12.8 Å². The van der Waals surface area contributed by atoms with Gasteiger partial charge in [0.25, 0.3) is 0 Å². The fourth-order valence-corrected chi connectivity index (χ4v) is 3.05. The van der Waals surface area contributed by atoms with Crippen LogP contribution in [0.1, 0.15) is 51.9 Å². The lowest BCUT2D eigenvalue weighted by molar-refractivity contribution is 0.225. The van der Waals surface area contributed by atoms with Crippen LogP contribution in [0, 0.1) is 11.8 Å². The minimum Gasteiger partial charge on any atom is -0.396 e. The maximum Gasteiger partial charge on any atom is 0.0445 e. The number of aliphatic hydroxyl groups excluding tert-OH is 1. The second-order valence-corrected chi connectivity index (χ2v) is 5.54. The summed E-state index contributed by atoms with van der Waals surface area (Å²) in [5.41, 5.74) is 0. The molecule has 2 N–H and O–H groups in total. The van der Waals surface area contributed by atoms with Crippen LogP contribution in [0.5, 0.6) is 0 Å². The highest BCUT2D eigenvalue weighted by Gasteiger charge is 2.34.